The molecule has 108 valence electrons. The fourth-order valence-electron chi connectivity index (χ4n) is 1.90. The molecule has 0 bridgehead atoms. The zero-order chi connectivity index (χ0) is 15.1. The molecule has 0 aliphatic rings. The first kappa shape index (κ1) is 16.6. The van der Waals surface area contributed by atoms with E-state index in [1.807, 2.05) is 19.1 Å². The number of hydrogen-bond acceptors (Lipinski definition) is 0. The maximum absolute atomic E-state index is 13.0. The standard InChI is InChI=1S/C15H23F3Ge/c1-11-7-8-13(19(4,5)6)9-12(11)10-14(2,3)15(16,17)18/h7-9H,10H2,1-6H3. The Hall–Kier alpha value is -0.447. The predicted octanol–water partition coefficient (Wildman–Crippen LogP) is 4.67. The number of halogens is 3. The Kier molecular flexibility index (Phi) is 4.50. The number of benzene rings is 1. The van der Waals surface area contributed by atoms with Gasteiger partial charge >= 0.3 is 116 Å². The molecule has 0 radical (unpaired) electrons. The molecular formula is C15H23F3Ge. The quantitative estimate of drug-likeness (QED) is 0.705. The van der Waals surface area contributed by atoms with Crippen LogP contribution < -0.4 is 4.40 Å². The molecule has 0 N–H and O–H groups in total. The summed E-state index contributed by atoms with van der Waals surface area (Å²) in [5.74, 6) is 6.76. The van der Waals surface area contributed by atoms with Crippen molar-refractivity contribution < 1.29 is 13.2 Å². The van der Waals surface area contributed by atoms with Gasteiger partial charge in [0, 0.05) is 0 Å². The van der Waals surface area contributed by atoms with Gasteiger partial charge in [-0.3, -0.25) is 0 Å². The van der Waals surface area contributed by atoms with Crippen molar-refractivity contribution in [2.45, 2.75) is 50.6 Å². The van der Waals surface area contributed by atoms with Gasteiger partial charge in [0.15, 0.2) is 0 Å². The van der Waals surface area contributed by atoms with Crippen LogP contribution >= 0.6 is 0 Å². The van der Waals surface area contributed by atoms with E-state index in [-0.39, 0.29) is 6.42 Å². The molecule has 1 aromatic carbocycles. The van der Waals surface area contributed by atoms with Crippen LogP contribution in [0, 0.1) is 12.3 Å². The molecule has 0 aliphatic carbocycles. The van der Waals surface area contributed by atoms with Crippen molar-refractivity contribution in [1.29, 1.82) is 0 Å². The molecule has 1 rings (SSSR count). The van der Waals surface area contributed by atoms with Crippen LogP contribution in [0.5, 0.6) is 0 Å². The number of hydrogen-bond donors (Lipinski definition) is 0. The summed E-state index contributed by atoms with van der Waals surface area (Å²) < 4.78 is 40.3. The molecule has 4 heteroatoms. The van der Waals surface area contributed by atoms with Crippen molar-refractivity contribution in [2.24, 2.45) is 5.41 Å². The van der Waals surface area contributed by atoms with Crippen LogP contribution in [0.15, 0.2) is 18.2 Å². The van der Waals surface area contributed by atoms with E-state index in [9.17, 15) is 13.2 Å². The molecule has 0 nitrogen and oxygen atoms in total. The van der Waals surface area contributed by atoms with Crippen molar-refractivity contribution in [3.63, 3.8) is 0 Å². The van der Waals surface area contributed by atoms with Crippen molar-refractivity contribution >= 4 is 17.7 Å². The fourth-order valence-corrected chi connectivity index (χ4v) is 4.40. The first-order valence-electron chi connectivity index (χ1n) is 6.51. The predicted molar refractivity (Wildman–Crippen MR) is 77.7 cm³/mol. The van der Waals surface area contributed by atoms with E-state index in [1.165, 1.54) is 18.2 Å². The number of aryl methyl sites for hydroxylation is 1. The summed E-state index contributed by atoms with van der Waals surface area (Å²) in [5, 5.41) is 0. The fraction of sp³-hybridized carbons (Fsp3) is 0.600. The third kappa shape index (κ3) is 4.01. The summed E-state index contributed by atoms with van der Waals surface area (Å²) in [6, 6.07) is 6.05. The van der Waals surface area contributed by atoms with Gasteiger partial charge in [-0.2, -0.15) is 0 Å². The van der Waals surface area contributed by atoms with Gasteiger partial charge in [0.1, 0.15) is 0 Å². The second kappa shape index (κ2) is 5.15. The van der Waals surface area contributed by atoms with Crippen LogP contribution in [0.25, 0.3) is 0 Å². The second-order valence-corrected chi connectivity index (χ2v) is 17.6. The van der Waals surface area contributed by atoms with Gasteiger partial charge in [-0.05, 0) is 0 Å². The zero-order valence-corrected chi connectivity index (χ0v) is 14.7. The van der Waals surface area contributed by atoms with E-state index in [4.69, 9.17) is 0 Å². The molecule has 0 saturated heterocycles. The van der Waals surface area contributed by atoms with Crippen molar-refractivity contribution in [3.05, 3.63) is 29.3 Å². The Bertz CT molecular complexity index is 453. The Labute approximate surface area is 116 Å². The minimum absolute atomic E-state index is 0.0501. The molecule has 0 unspecified atom stereocenters. The van der Waals surface area contributed by atoms with Gasteiger partial charge in [-0.1, -0.05) is 0 Å². The Morgan fingerprint density at radius 3 is 2.00 bits per heavy atom. The Morgan fingerprint density at radius 2 is 1.58 bits per heavy atom. The third-order valence-corrected chi connectivity index (χ3v) is 7.90. The molecule has 0 fully saturated rings. The Morgan fingerprint density at radius 1 is 1.05 bits per heavy atom. The van der Waals surface area contributed by atoms with Gasteiger partial charge in [-0.15, -0.1) is 0 Å². The molecular weight excluding hydrogens is 310 g/mol. The van der Waals surface area contributed by atoms with Crippen LogP contribution in [0.4, 0.5) is 13.2 Å². The van der Waals surface area contributed by atoms with Crippen molar-refractivity contribution in [1.82, 2.24) is 0 Å². The molecule has 1 aromatic rings. The van der Waals surface area contributed by atoms with E-state index in [2.05, 4.69) is 23.3 Å². The average Bonchev–Trinajstić information content (AvgIpc) is 2.17. The van der Waals surface area contributed by atoms with Crippen LogP contribution in [0.1, 0.15) is 25.0 Å². The summed E-state index contributed by atoms with van der Waals surface area (Å²) in [7, 11) is 0. The second-order valence-electron chi connectivity index (χ2n) is 6.95. The molecule has 0 heterocycles. The number of rotatable bonds is 3. The van der Waals surface area contributed by atoms with Gasteiger partial charge in [0.25, 0.3) is 0 Å². The molecule has 0 atom stereocenters. The molecule has 19 heavy (non-hydrogen) atoms. The Balaban J connectivity index is 3.15. The van der Waals surface area contributed by atoms with Gasteiger partial charge in [0.05, 0.1) is 0 Å². The van der Waals surface area contributed by atoms with E-state index in [0.29, 0.717) is 0 Å². The van der Waals surface area contributed by atoms with E-state index < -0.39 is 24.9 Å². The molecule has 0 aliphatic heterocycles. The summed E-state index contributed by atoms with van der Waals surface area (Å²) in [6.45, 7) is 4.44. The van der Waals surface area contributed by atoms with Gasteiger partial charge in [0.2, 0.25) is 0 Å². The monoisotopic (exact) mass is 334 g/mol. The van der Waals surface area contributed by atoms with Gasteiger partial charge < -0.3 is 0 Å². The summed E-state index contributed by atoms with van der Waals surface area (Å²) >= 11 is -1.99. The molecule has 0 saturated carbocycles. The van der Waals surface area contributed by atoms with Crippen molar-refractivity contribution in [2.75, 3.05) is 0 Å². The first-order valence-corrected chi connectivity index (χ1v) is 13.9. The molecule has 0 amide bonds. The van der Waals surface area contributed by atoms with E-state index in [1.54, 1.807) is 0 Å². The number of alkyl halides is 3. The third-order valence-electron chi connectivity index (χ3n) is 3.61. The first-order chi connectivity index (χ1) is 8.34. The minimum atomic E-state index is -4.17. The normalized spacial score (nSPS) is 13.7. The summed E-state index contributed by atoms with van der Waals surface area (Å²) in [5.41, 5.74) is 0.106. The maximum atomic E-state index is 13.0. The summed E-state index contributed by atoms with van der Waals surface area (Å²) in [4.78, 5) is 0. The van der Waals surface area contributed by atoms with Crippen LogP contribution in [-0.2, 0) is 6.42 Å². The topological polar surface area (TPSA) is 0 Å². The van der Waals surface area contributed by atoms with Crippen molar-refractivity contribution in [3.8, 4) is 0 Å². The summed E-state index contributed by atoms with van der Waals surface area (Å²) in [6.07, 6.45) is -4.12. The zero-order valence-electron chi connectivity index (χ0n) is 12.6. The average molecular weight is 333 g/mol. The SMILES string of the molecule is Cc1cc[c]([Ge]([CH3])([CH3])[CH3])cc1CC(C)(C)C(F)(F)F. The van der Waals surface area contributed by atoms with Crippen LogP contribution in [0.2, 0.25) is 17.3 Å². The molecule has 0 aromatic heterocycles. The van der Waals surface area contributed by atoms with E-state index in [0.717, 1.165) is 11.1 Å². The van der Waals surface area contributed by atoms with Crippen LogP contribution in [-0.4, -0.2) is 19.4 Å². The van der Waals surface area contributed by atoms with Crippen LogP contribution in [0.3, 0.4) is 0 Å². The molecule has 0 spiro atoms. The van der Waals surface area contributed by atoms with Gasteiger partial charge in [-0.25, -0.2) is 0 Å². The van der Waals surface area contributed by atoms with E-state index >= 15 is 0 Å².